The summed E-state index contributed by atoms with van der Waals surface area (Å²) < 4.78 is 10.4. The molecule has 0 bridgehead atoms. The zero-order valence-electron chi connectivity index (χ0n) is 17.8. The molecule has 1 aliphatic rings. The molecule has 0 radical (unpaired) electrons. The summed E-state index contributed by atoms with van der Waals surface area (Å²) in [6.45, 7) is 15.2. The first kappa shape index (κ1) is 23.4. The lowest BCUT2D eigenvalue weighted by Gasteiger charge is -2.36. The number of ether oxygens (including phenoxy) is 2. The van der Waals surface area contributed by atoms with E-state index in [4.69, 9.17) is 9.47 Å². The predicted octanol–water partition coefficient (Wildman–Crippen LogP) is 2.76. The number of amides is 1. The number of alkyl carbamates (subject to hydrolysis) is 1. The second-order valence-electron chi connectivity index (χ2n) is 8.30. The standard InChI is InChI=1S/C20H37N3O4/c1-7-26-18(24)14-23(12-10-16(2)3)15-22-11-8-9-17(13-22)21-19(25)27-20(4,5)6/h10,17H,7-9,11-15H2,1-6H3,(H,21,25). The molecule has 7 heteroatoms. The zero-order valence-corrected chi connectivity index (χ0v) is 17.8. The zero-order chi connectivity index (χ0) is 20.4. The molecule has 1 N–H and O–H groups in total. The van der Waals surface area contributed by atoms with Crippen molar-refractivity contribution in [2.75, 3.05) is 39.5 Å². The monoisotopic (exact) mass is 383 g/mol. The van der Waals surface area contributed by atoms with Gasteiger partial charge in [-0.25, -0.2) is 4.79 Å². The van der Waals surface area contributed by atoms with Crippen LogP contribution in [0, 0.1) is 0 Å². The fourth-order valence-electron chi connectivity index (χ4n) is 2.93. The maximum absolute atomic E-state index is 12.0. The van der Waals surface area contributed by atoms with Gasteiger partial charge in [-0.15, -0.1) is 0 Å². The molecule has 1 fully saturated rings. The van der Waals surface area contributed by atoms with E-state index in [9.17, 15) is 9.59 Å². The first-order valence-electron chi connectivity index (χ1n) is 9.82. The van der Waals surface area contributed by atoms with E-state index in [1.54, 1.807) is 0 Å². The van der Waals surface area contributed by atoms with Gasteiger partial charge in [-0.3, -0.25) is 14.6 Å². The molecule has 0 aromatic rings. The summed E-state index contributed by atoms with van der Waals surface area (Å²) in [5.41, 5.74) is 0.714. The van der Waals surface area contributed by atoms with Gasteiger partial charge in [-0.1, -0.05) is 11.6 Å². The number of hydrogen-bond acceptors (Lipinski definition) is 6. The maximum Gasteiger partial charge on any atom is 0.407 e. The molecule has 1 atom stereocenters. The minimum Gasteiger partial charge on any atom is -0.465 e. The largest absolute Gasteiger partial charge is 0.465 e. The Morgan fingerprint density at radius 2 is 2.00 bits per heavy atom. The van der Waals surface area contributed by atoms with Crippen LogP contribution in [0.5, 0.6) is 0 Å². The molecule has 1 saturated heterocycles. The van der Waals surface area contributed by atoms with Crippen molar-refractivity contribution in [3.05, 3.63) is 11.6 Å². The molecular weight excluding hydrogens is 346 g/mol. The normalized spacial score (nSPS) is 18.1. The summed E-state index contributed by atoms with van der Waals surface area (Å²) in [5, 5.41) is 2.97. The van der Waals surface area contributed by atoms with E-state index in [1.807, 2.05) is 41.5 Å². The van der Waals surface area contributed by atoms with Crippen molar-refractivity contribution < 1.29 is 19.1 Å². The first-order chi connectivity index (χ1) is 12.6. The van der Waals surface area contributed by atoms with E-state index < -0.39 is 5.60 Å². The Morgan fingerprint density at radius 3 is 2.59 bits per heavy atom. The molecule has 7 nitrogen and oxygen atoms in total. The molecule has 1 unspecified atom stereocenters. The van der Waals surface area contributed by atoms with E-state index in [0.717, 1.165) is 25.9 Å². The summed E-state index contributed by atoms with van der Waals surface area (Å²) in [4.78, 5) is 28.3. The Kier molecular flexibility index (Phi) is 9.80. The molecule has 0 saturated carbocycles. The molecule has 0 aromatic heterocycles. The summed E-state index contributed by atoms with van der Waals surface area (Å²) in [7, 11) is 0. The lowest BCUT2D eigenvalue weighted by Crippen LogP contribution is -2.52. The van der Waals surface area contributed by atoms with Gasteiger partial charge in [-0.05, 0) is 60.9 Å². The molecule has 1 heterocycles. The highest BCUT2D eigenvalue weighted by Crippen LogP contribution is 2.13. The van der Waals surface area contributed by atoms with Crippen molar-refractivity contribution in [3.8, 4) is 0 Å². The number of allylic oxidation sites excluding steroid dienone is 1. The third-order valence-corrected chi connectivity index (χ3v) is 4.04. The molecule has 156 valence electrons. The Balaban J connectivity index is 2.59. The van der Waals surface area contributed by atoms with Gasteiger partial charge >= 0.3 is 12.1 Å². The molecule has 27 heavy (non-hydrogen) atoms. The second kappa shape index (κ2) is 11.3. The number of likely N-dealkylation sites (tertiary alicyclic amines) is 1. The van der Waals surface area contributed by atoms with E-state index in [-0.39, 0.29) is 24.6 Å². The van der Waals surface area contributed by atoms with Crippen molar-refractivity contribution in [1.82, 2.24) is 15.1 Å². The molecule has 1 aliphatic heterocycles. The van der Waals surface area contributed by atoms with Crippen molar-refractivity contribution >= 4 is 12.1 Å². The van der Waals surface area contributed by atoms with Gasteiger partial charge in [-0.2, -0.15) is 0 Å². The topological polar surface area (TPSA) is 71.1 Å². The van der Waals surface area contributed by atoms with E-state index in [2.05, 4.69) is 21.2 Å². The highest BCUT2D eigenvalue weighted by molar-refractivity contribution is 5.71. The fourth-order valence-corrected chi connectivity index (χ4v) is 2.93. The number of nitrogens with one attached hydrogen (secondary N) is 1. The average Bonchev–Trinajstić information content (AvgIpc) is 2.51. The average molecular weight is 384 g/mol. The quantitative estimate of drug-likeness (QED) is 0.513. The summed E-state index contributed by atoms with van der Waals surface area (Å²) in [5.74, 6) is -0.208. The fraction of sp³-hybridized carbons (Fsp3) is 0.800. The van der Waals surface area contributed by atoms with E-state index in [1.165, 1.54) is 5.57 Å². The van der Waals surface area contributed by atoms with Gasteiger partial charge < -0.3 is 14.8 Å². The maximum atomic E-state index is 12.0. The van der Waals surface area contributed by atoms with Gasteiger partial charge in [0.05, 0.1) is 19.8 Å². The Bertz CT molecular complexity index is 510. The number of carbonyl (C=O) groups is 2. The minimum absolute atomic E-state index is 0.0569. The van der Waals surface area contributed by atoms with Crippen molar-refractivity contribution in [3.63, 3.8) is 0 Å². The van der Waals surface area contributed by atoms with Gasteiger partial charge in [0.2, 0.25) is 0 Å². The van der Waals surface area contributed by atoms with Crippen LogP contribution in [0.15, 0.2) is 11.6 Å². The van der Waals surface area contributed by atoms with Crippen molar-refractivity contribution in [2.24, 2.45) is 0 Å². The molecule has 0 aromatic carbocycles. The van der Waals surface area contributed by atoms with Gasteiger partial charge in [0.1, 0.15) is 5.60 Å². The molecular formula is C20H37N3O4. The SMILES string of the molecule is CCOC(=O)CN(CC=C(C)C)CN1CCCC(NC(=O)OC(C)(C)C)C1. The molecule has 1 rings (SSSR count). The van der Waals surface area contributed by atoms with Crippen LogP contribution in [0.25, 0.3) is 0 Å². The van der Waals surface area contributed by atoms with Crippen molar-refractivity contribution in [1.29, 1.82) is 0 Å². The number of rotatable bonds is 8. The van der Waals surface area contributed by atoms with Gasteiger partial charge in [0.15, 0.2) is 0 Å². The summed E-state index contributed by atoms with van der Waals surface area (Å²) >= 11 is 0. The molecule has 1 amide bonds. The third-order valence-electron chi connectivity index (χ3n) is 4.04. The van der Waals surface area contributed by atoms with Crippen LogP contribution < -0.4 is 5.32 Å². The van der Waals surface area contributed by atoms with Gasteiger partial charge in [0, 0.05) is 19.1 Å². The lowest BCUT2D eigenvalue weighted by atomic mass is 10.1. The molecule has 0 aliphatic carbocycles. The van der Waals surface area contributed by atoms with Crippen LogP contribution in [-0.4, -0.2) is 73.0 Å². The predicted molar refractivity (Wildman–Crippen MR) is 106 cm³/mol. The summed E-state index contributed by atoms with van der Waals surface area (Å²) in [6.07, 6.45) is 3.67. The highest BCUT2D eigenvalue weighted by Gasteiger charge is 2.25. The number of piperidine rings is 1. The highest BCUT2D eigenvalue weighted by atomic mass is 16.6. The van der Waals surface area contributed by atoms with Crippen molar-refractivity contribution in [2.45, 2.75) is 66.0 Å². The summed E-state index contributed by atoms with van der Waals surface area (Å²) in [6, 6.07) is 0.0569. The van der Waals surface area contributed by atoms with E-state index >= 15 is 0 Å². The van der Waals surface area contributed by atoms with E-state index in [0.29, 0.717) is 19.8 Å². The van der Waals surface area contributed by atoms with Crippen LogP contribution in [-0.2, 0) is 14.3 Å². The van der Waals surface area contributed by atoms with Crippen LogP contribution in [0.1, 0.15) is 54.4 Å². The minimum atomic E-state index is -0.501. The Morgan fingerprint density at radius 1 is 1.30 bits per heavy atom. The van der Waals surface area contributed by atoms with Crippen LogP contribution in [0.3, 0.4) is 0 Å². The Labute approximate surface area is 164 Å². The number of carbonyl (C=O) groups excluding carboxylic acids is 2. The Hall–Kier alpha value is -1.60. The third kappa shape index (κ3) is 11.0. The lowest BCUT2D eigenvalue weighted by molar-refractivity contribution is -0.144. The first-order valence-corrected chi connectivity index (χ1v) is 9.82. The van der Waals surface area contributed by atoms with Crippen LogP contribution in [0.2, 0.25) is 0 Å². The van der Waals surface area contributed by atoms with Crippen LogP contribution in [0.4, 0.5) is 4.79 Å². The number of nitrogens with zero attached hydrogens (tertiary/aromatic N) is 2. The smallest absolute Gasteiger partial charge is 0.407 e. The van der Waals surface area contributed by atoms with Crippen LogP contribution >= 0.6 is 0 Å². The van der Waals surface area contributed by atoms with Gasteiger partial charge in [0.25, 0.3) is 0 Å². The number of hydrogen-bond donors (Lipinski definition) is 1. The number of esters is 1. The second-order valence-corrected chi connectivity index (χ2v) is 8.30. The molecule has 0 spiro atoms.